The number of nitrogens with zero attached hydrogens (tertiary/aromatic N) is 2. The van der Waals surface area contributed by atoms with Crippen LogP contribution in [0.25, 0.3) is 0 Å². The van der Waals surface area contributed by atoms with Crippen molar-refractivity contribution in [2.24, 2.45) is 5.10 Å². The molecule has 0 spiro atoms. The number of thioether (sulfide) groups is 1. The number of rotatable bonds is 2. The van der Waals surface area contributed by atoms with Gasteiger partial charge in [-0.05, 0) is 12.1 Å². The number of halogens is 4. The van der Waals surface area contributed by atoms with Gasteiger partial charge in [0.2, 0.25) is 5.91 Å². The molecule has 1 aliphatic heterocycles. The van der Waals surface area contributed by atoms with E-state index < -0.39 is 0 Å². The number of amidine groups is 1. The predicted molar refractivity (Wildman–Crippen MR) is 80.8 cm³/mol. The van der Waals surface area contributed by atoms with Gasteiger partial charge in [-0.3, -0.25) is 4.79 Å². The average molecular weight is 359 g/mol. The van der Waals surface area contributed by atoms with Crippen LogP contribution in [0.3, 0.4) is 0 Å². The minimum atomic E-state index is -0.346. The van der Waals surface area contributed by atoms with Gasteiger partial charge >= 0.3 is 0 Å². The Morgan fingerprint density at radius 2 is 2.21 bits per heavy atom. The lowest BCUT2D eigenvalue weighted by Gasteiger charge is -2.16. The van der Waals surface area contributed by atoms with Gasteiger partial charge in [0.25, 0.3) is 0 Å². The Balaban J connectivity index is 2.14. The molecule has 9 heteroatoms. The molecular weight excluding hydrogens is 352 g/mol. The van der Waals surface area contributed by atoms with E-state index in [9.17, 15) is 4.79 Å². The molecule has 1 unspecified atom stereocenters. The average Bonchev–Trinajstić information content (AvgIpc) is 2.70. The first-order valence-electron chi connectivity index (χ1n) is 5.02. The van der Waals surface area contributed by atoms with Gasteiger partial charge in [0.15, 0.2) is 5.17 Å². The summed E-state index contributed by atoms with van der Waals surface area (Å²) in [6, 6.07) is 5.10. The molecule has 0 saturated heterocycles. The van der Waals surface area contributed by atoms with E-state index in [4.69, 9.17) is 46.6 Å². The highest BCUT2D eigenvalue weighted by Crippen LogP contribution is 2.42. The zero-order valence-electron chi connectivity index (χ0n) is 9.24. The summed E-state index contributed by atoms with van der Waals surface area (Å²) in [4.78, 5) is 11.2. The van der Waals surface area contributed by atoms with Crippen LogP contribution in [-0.4, -0.2) is 21.5 Å². The lowest BCUT2D eigenvalue weighted by Crippen LogP contribution is -2.28. The summed E-state index contributed by atoms with van der Waals surface area (Å²) in [6.45, 7) is 0. The molecule has 0 aromatic heterocycles. The standard InChI is InChI=1S/C10H7Cl4N3OS/c11-4-8(18)15-10-16-17(14)9(19-10)6-2-1-5(12)3-7(6)13/h1-3,9H,4H2,(H,15,16,18). The smallest absolute Gasteiger partial charge is 0.240 e. The van der Waals surface area contributed by atoms with Crippen molar-refractivity contribution in [1.82, 2.24) is 9.84 Å². The van der Waals surface area contributed by atoms with Crippen LogP contribution in [0.5, 0.6) is 0 Å². The minimum absolute atomic E-state index is 0.145. The second kappa shape index (κ2) is 6.41. The highest BCUT2D eigenvalue weighted by atomic mass is 35.5. The van der Waals surface area contributed by atoms with Gasteiger partial charge in [-0.25, -0.2) is 0 Å². The van der Waals surface area contributed by atoms with Gasteiger partial charge in [0.1, 0.15) is 11.3 Å². The molecule has 1 aromatic carbocycles. The number of hydrogen-bond donors (Lipinski definition) is 1. The fraction of sp³-hybridized carbons (Fsp3) is 0.200. The van der Waals surface area contributed by atoms with Crippen LogP contribution in [0, 0.1) is 0 Å². The fourth-order valence-corrected chi connectivity index (χ4v) is 3.37. The zero-order chi connectivity index (χ0) is 14.0. The molecule has 0 aliphatic carbocycles. The van der Waals surface area contributed by atoms with Gasteiger partial charge in [-0.15, -0.1) is 16.7 Å². The van der Waals surface area contributed by atoms with Crippen molar-refractivity contribution in [3.05, 3.63) is 33.8 Å². The molecule has 1 atom stereocenters. The van der Waals surface area contributed by atoms with E-state index in [1.807, 2.05) is 0 Å². The minimum Gasteiger partial charge on any atom is -0.303 e. The molecule has 0 bridgehead atoms. The molecule has 1 aliphatic rings. The first-order chi connectivity index (χ1) is 9.01. The molecule has 0 radical (unpaired) electrons. The molecule has 19 heavy (non-hydrogen) atoms. The summed E-state index contributed by atoms with van der Waals surface area (Å²) in [6.07, 6.45) is 0. The Morgan fingerprint density at radius 1 is 1.47 bits per heavy atom. The number of nitrogens with one attached hydrogen (secondary N) is 1. The van der Waals surface area contributed by atoms with Crippen LogP contribution in [0.1, 0.15) is 10.9 Å². The number of alkyl halides is 1. The normalized spacial score (nSPS) is 18.4. The van der Waals surface area contributed by atoms with E-state index in [1.54, 1.807) is 18.2 Å². The Morgan fingerprint density at radius 3 is 2.84 bits per heavy atom. The van der Waals surface area contributed by atoms with Crippen LogP contribution >= 0.6 is 58.3 Å². The summed E-state index contributed by atoms with van der Waals surface area (Å²) in [5, 5.41) is 7.58. The third-order valence-corrected chi connectivity index (χ3v) is 4.47. The van der Waals surface area contributed by atoms with Crippen molar-refractivity contribution in [2.75, 3.05) is 5.88 Å². The van der Waals surface area contributed by atoms with Gasteiger partial charge in [0, 0.05) is 27.4 Å². The van der Waals surface area contributed by atoms with Crippen LogP contribution in [0.15, 0.2) is 23.3 Å². The summed E-state index contributed by atoms with van der Waals surface area (Å²) >= 11 is 24.6. The third-order valence-electron chi connectivity index (χ3n) is 2.20. The molecule has 1 N–H and O–H groups in total. The van der Waals surface area contributed by atoms with Crippen molar-refractivity contribution >= 4 is 69.4 Å². The van der Waals surface area contributed by atoms with Crippen molar-refractivity contribution in [3.8, 4) is 0 Å². The summed E-state index contributed by atoms with van der Waals surface area (Å²) in [7, 11) is 0. The number of benzene rings is 1. The number of carbonyl (C=O) groups is 1. The van der Waals surface area contributed by atoms with Crippen molar-refractivity contribution in [2.45, 2.75) is 5.37 Å². The molecule has 0 saturated carbocycles. The second-order valence-electron chi connectivity index (χ2n) is 3.51. The van der Waals surface area contributed by atoms with E-state index >= 15 is 0 Å². The van der Waals surface area contributed by atoms with Gasteiger partial charge < -0.3 is 5.32 Å². The quantitative estimate of drug-likeness (QED) is 0.645. The van der Waals surface area contributed by atoms with Crippen LogP contribution in [0.4, 0.5) is 0 Å². The molecule has 2 rings (SSSR count). The van der Waals surface area contributed by atoms with Crippen molar-refractivity contribution in [1.29, 1.82) is 0 Å². The number of amides is 1. The number of hydrogen-bond acceptors (Lipinski definition) is 4. The SMILES string of the molecule is O=C(CCl)NC1=NN(Cl)C(c2ccc(Cl)cc2Cl)S1. The largest absolute Gasteiger partial charge is 0.303 e. The van der Waals surface area contributed by atoms with Crippen molar-refractivity contribution < 1.29 is 4.79 Å². The Labute approximate surface area is 134 Å². The Kier molecular flexibility index (Phi) is 5.09. The maximum atomic E-state index is 11.2. The Bertz CT molecular complexity index is 540. The first-order valence-corrected chi connectivity index (χ1v) is 7.53. The summed E-state index contributed by atoms with van der Waals surface area (Å²) in [5.74, 6) is -0.491. The maximum absolute atomic E-state index is 11.2. The van der Waals surface area contributed by atoms with E-state index in [-0.39, 0.29) is 17.2 Å². The highest BCUT2D eigenvalue weighted by molar-refractivity contribution is 8.14. The predicted octanol–water partition coefficient (Wildman–Crippen LogP) is 3.82. The molecule has 1 amide bonds. The van der Waals surface area contributed by atoms with E-state index in [2.05, 4.69) is 10.4 Å². The second-order valence-corrected chi connectivity index (χ2v) is 6.04. The molecular formula is C10H7Cl4N3OS. The summed E-state index contributed by atoms with van der Waals surface area (Å²) in [5.41, 5.74) is 0.755. The molecule has 102 valence electrons. The van der Waals surface area contributed by atoms with E-state index in [1.165, 1.54) is 16.3 Å². The molecule has 1 heterocycles. The fourth-order valence-electron chi connectivity index (χ4n) is 1.40. The number of carbonyl (C=O) groups excluding carboxylic acids is 1. The van der Waals surface area contributed by atoms with Gasteiger partial charge in [0.05, 0.1) is 0 Å². The lowest BCUT2D eigenvalue weighted by molar-refractivity contribution is -0.117. The van der Waals surface area contributed by atoms with E-state index in [0.29, 0.717) is 15.2 Å². The molecule has 0 fully saturated rings. The van der Waals surface area contributed by atoms with Gasteiger partial charge in [-0.2, -0.15) is 4.53 Å². The Hall–Kier alpha value is -0.330. The summed E-state index contributed by atoms with van der Waals surface area (Å²) < 4.78 is 1.20. The van der Waals surface area contributed by atoms with E-state index in [0.717, 1.165) is 5.56 Å². The van der Waals surface area contributed by atoms with Crippen molar-refractivity contribution in [3.63, 3.8) is 0 Å². The zero-order valence-corrected chi connectivity index (χ0v) is 13.1. The molecule has 4 nitrogen and oxygen atoms in total. The van der Waals surface area contributed by atoms with Crippen LogP contribution < -0.4 is 5.32 Å². The first kappa shape index (κ1) is 15.1. The van der Waals surface area contributed by atoms with Gasteiger partial charge in [-0.1, -0.05) is 41.0 Å². The van der Waals surface area contributed by atoms with Crippen LogP contribution in [0.2, 0.25) is 10.0 Å². The lowest BCUT2D eigenvalue weighted by atomic mass is 10.2. The topological polar surface area (TPSA) is 44.7 Å². The monoisotopic (exact) mass is 357 g/mol. The maximum Gasteiger partial charge on any atom is 0.240 e. The third kappa shape index (κ3) is 3.61. The number of hydrazone groups is 1. The van der Waals surface area contributed by atoms with Crippen LogP contribution in [-0.2, 0) is 4.79 Å². The molecule has 1 aromatic rings. The highest BCUT2D eigenvalue weighted by Gasteiger charge is 2.30.